The number of aliphatic hydroxyl groups excluding tert-OH is 1. The third kappa shape index (κ3) is 2.89. The second-order valence-corrected chi connectivity index (χ2v) is 5.22. The van der Waals surface area contributed by atoms with E-state index in [0.29, 0.717) is 40.9 Å². The van der Waals surface area contributed by atoms with Crippen molar-refractivity contribution in [2.75, 3.05) is 18.9 Å². The van der Waals surface area contributed by atoms with Crippen LogP contribution in [0.15, 0.2) is 30.5 Å². The minimum atomic E-state index is -0.923. The number of benzene rings is 1. The average Bonchev–Trinajstić information content (AvgIpc) is 2.73. The molecule has 1 atom stereocenters. The molecule has 0 fully saturated rings. The highest BCUT2D eigenvalue weighted by Gasteiger charge is 2.18. The van der Waals surface area contributed by atoms with Gasteiger partial charge in [-0.3, -0.25) is 0 Å². The van der Waals surface area contributed by atoms with Gasteiger partial charge in [0, 0.05) is 18.2 Å². The Balaban J connectivity index is 1.96. The van der Waals surface area contributed by atoms with Crippen LogP contribution in [0.4, 0.5) is 5.82 Å². The first-order chi connectivity index (χ1) is 10.1. The maximum Gasteiger partial charge on any atom is 0.161 e. The van der Waals surface area contributed by atoms with Crippen LogP contribution in [-0.2, 0) is 0 Å². The third-order valence-electron chi connectivity index (χ3n) is 3.30. The SMILES string of the molecule is Nc1ncc(Cl)cc1C(O)c1ccc2c(c1)OCCCO2. The van der Waals surface area contributed by atoms with Crippen molar-refractivity contribution in [2.24, 2.45) is 0 Å². The van der Waals surface area contributed by atoms with E-state index in [-0.39, 0.29) is 5.82 Å². The zero-order chi connectivity index (χ0) is 14.8. The number of hydrogen-bond donors (Lipinski definition) is 2. The van der Waals surface area contributed by atoms with E-state index < -0.39 is 6.10 Å². The van der Waals surface area contributed by atoms with E-state index in [2.05, 4.69) is 4.98 Å². The number of anilines is 1. The first kappa shape index (κ1) is 14.0. The Kier molecular flexibility index (Phi) is 3.86. The summed E-state index contributed by atoms with van der Waals surface area (Å²) in [5, 5.41) is 10.9. The predicted molar refractivity (Wildman–Crippen MR) is 79.8 cm³/mol. The number of aliphatic hydroxyl groups is 1. The lowest BCUT2D eigenvalue weighted by atomic mass is 10.0. The highest BCUT2D eigenvalue weighted by molar-refractivity contribution is 6.30. The van der Waals surface area contributed by atoms with Gasteiger partial charge in [-0.2, -0.15) is 0 Å². The summed E-state index contributed by atoms with van der Waals surface area (Å²) in [6.07, 6.45) is 1.35. The normalized spacial score (nSPS) is 15.3. The van der Waals surface area contributed by atoms with Gasteiger partial charge in [0.25, 0.3) is 0 Å². The number of nitrogen functional groups attached to an aromatic ring is 1. The minimum absolute atomic E-state index is 0.249. The van der Waals surface area contributed by atoms with Crippen LogP contribution in [0.5, 0.6) is 11.5 Å². The monoisotopic (exact) mass is 306 g/mol. The number of hydrogen-bond acceptors (Lipinski definition) is 5. The van der Waals surface area contributed by atoms with E-state index in [1.165, 1.54) is 6.20 Å². The molecular weight excluding hydrogens is 292 g/mol. The van der Waals surface area contributed by atoms with Gasteiger partial charge in [0.05, 0.1) is 18.2 Å². The molecule has 2 heterocycles. The van der Waals surface area contributed by atoms with Crippen molar-refractivity contribution < 1.29 is 14.6 Å². The van der Waals surface area contributed by atoms with Crippen molar-refractivity contribution in [1.29, 1.82) is 0 Å². The number of rotatable bonds is 2. The third-order valence-corrected chi connectivity index (χ3v) is 3.50. The van der Waals surface area contributed by atoms with Crippen LogP contribution in [0.1, 0.15) is 23.7 Å². The van der Waals surface area contributed by atoms with Gasteiger partial charge in [0.2, 0.25) is 0 Å². The summed E-state index contributed by atoms with van der Waals surface area (Å²) in [6.45, 7) is 1.22. The van der Waals surface area contributed by atoms with Gasteiger partial charge < -0.3 is 20.3 Å². The smallest absolute Gasteiger partial charge is 0.161 e. The van der Waals surface area contributed by atoms with Crippen molar-refractivity contribution in [3.63, 3.8) is 0 Å². The Labute approximate surface area is 127 Å². The summed E-state index contributed by atoms with van der Waals surface area (Å²) in [7, 11) is 0. The van der Waals surface area contributed by atoms with Crippen molar-refractivity contribution in [1.82, 2.24) is 4.98 Å². The van der Waals surface area contributed by atoms with Gasteiger partial charge in [-0.25, -0.2) is 4.98 Å². The van der Waals surface area contributed by atoms with Crippen molar-refractivity contribution in [2.45, 2.75) is 12.5 Å². The lowest BCUT2D eigenvalue weighted by molar-refractivity contribution is 0.219. The van der Waals surface area contributed by atoms with Crippen LogP contribution in [0.25, 0.3) is 0 Å². The summed E-state index contributed by atoms with van der Waals surface area (Å²) in [5.74, 6) is 1.55. The Morgan fingerprint density at radius 3 is 2.76 bits per heavy atom. The first-order valence-electron chi connectivity index (χ1n) is 6.63. The Hall–Kier alpha value is -1.98. The molecular formula is C15H15ClN2O3. The van der Waals surface area contributed by atoms with Crippen LogP contribution in [0.3, 0.4) is 0 Å². The Morgan fingerprint density at radius 1 is 1.19 bits per heavy atom. The molecule has 0 aliphatic carbocycles. The van der Waals surface area contributed by atoms with Gasteiger partial charge in [0.15, 0.2) is 11.5 Å². The van der Waals surface area contributed by atoms with Crippen molar-refractivity contribution in [3.05, 3.63) is 46.6 Å². The number of nitrogens with zero attached hydrogens (tertiary/aromatic N) is 1. The Morgan fingerprint density at radius 2 is 1.95 bits per heavy atom. The lowest BCUT2D eigenvalue weighted by Gasteiger charge is -2.15. The number of fused-ring (bicyclic) bond motifs is 1. The summed E-state index contributed by atoms with van der Waals surface area (Å²) >= 11 is 5.91. The quantitative estimate of drug-likeness (QED) is 0.891. The summed E-state index contributed by atoms with van der Waals surface area (Å²) in [4.78, 5) is 3.96. The summed E-state index contributed by atoms with van der Waals surface area (Å²) < 4.78 is 11.2. The molecule has 2 aromatic rings. The lowest BCUT2D eigenvalue weighted by Crippen LogP contribution is -2.06. The van der Waals surface area contributed by atoms with Crippen molar-refractivity contribution >= 4 is 17.4 Å². The molecule has 3 N–H and O–H groups in total. The molecule has 5 nitrogen and oxygen atoms in total. The van der Waals surface area contributed by atoms with Gasteiger partial charge >= 0.3 is 0 Å². The topological polar surface area (TPSA) is 77.6 Å². The second-order valence-electron chi connectivity index (χ2n) is 4.79. The highest BCUT2D eigenvalue weighted by Crippen LogP contribution is 2.35. The second kappa shape index (κ2) is 5.79. The zero-order valence-electron chi connectivity index (χ0n) is 11.3. The van der Waals surface area contributed by atoms with Crippen LogP contribution in [-0.4, -0.2) is 23.3 Å². The fourth-order valence-corrected chi connectivity index (χ4v) is 2.38. The molecule has 0 saturated heterocycles. The number of aromatic nitrogens is 1. The fourth-order valence-electron chi connectivity index (χ4n) is 2.21. The van der Waals surface area contributed by atoms with Gasteiger partial charge in [-0.05, 0) is 23.8 Å². The molecule has 1 aliphatic rings. The fraction of sp³-hybridized carbons (Fsp3) is 0.267. The highest BCUT2D eigenvalue weighted by atomic mass is 35.5. The van der Waals surface area contributed by atoms with Crippen molar-refractivity contribution in [3.8, 4) is 11.5 Å². The van der Waals surface area contributed by atoms with Gasteiger partial charge in [-0.15, -0.1) is 0 Å². The number of pyridine rings is 1. The molecule has 21 heavy (non-hydrogen) atoms. The van der Waals surface area contributed by atoms with Crippen LogP contribution < -0.4 is 15.2 Å². The maximum atomic E-state index is 10.5. The van der Waals surface area contributed by atoms with Crippen LogP contribution in [0, 0.1) is 0 Å². The zero-order valence-corrected chi connectivity index (χ0v) is 12.0. The molecule has 0 bridgehead atoms. The average molecular weight is 307 g/mol. The van der Waals surface area contributed by atoms with Crippen LogP contribution in [0.2, 0.25) is 5.02 Å². The summed E-state index contributed by atoms with van der Waals surface area (Å²) in [5.41, 5.74) is 6.92. The predicted octanol–water partition coefficient (Wildman–Crippen LogP) is 2.56. The van der Waals surface area contributed by atoms with Crippen LogP contribution >= 0.6 is 11.6 Å². The van der Waals surface area contributed by atoms with E-state index in [9.17, 15) is 5.11 Å². The minimum Gasteiger partial charge on any atom is -0.490 e. The molecule has 0 saturated carbocycles. The molecule has 1 aliphatic heterocycles. The standard InChI is InChI=1S/C15H15ClN2O3/c16-10-7-11(15(17)18-8-10)14(19)9-2-3-12-13(6-9)21-5-1-4-20-12/h2-3,6-8,14,19H,1,4-5H2,(H2,17,18). The van der Waals surface area contributed by atoms with E-state index in [1.54, 1.807) is 24.3 Å². The molecule has 3 rings (SSSR count). The Bertz CT molecular complexity index is 663. The number of ether oxygens (including phenoxy) is 2. The molecule has 1 unspecified atom stereocenters. The first-order valence-corrected chi connectivity index (χ1v) is 7.01. The van der Waals surface area contributed by atoms with E-state index in [0.717, 1.165) is 6.42 Å². The van der Waals surface area contributed by atoms with E-state index in [4.69, 9.17) is 26.8 Å². The van der Waals surface area contributed by atoms with E-state index in [1.807, 2.05) is 0 Å². The summed E-state index contributed by atoms with van der Waals surface area (Å²) in [6, 6.07) is 6.93. The largest absolute Gasteiger partial charge is 0.490 e. The molecule has 0 spiro atoms. The maximum absolute atomic E-state index is 10.5. The van der Waals surface area contributed by atoms with E-state index >= 15 is 0 Å². The molecule has 6 heteroatoms. The molecule has 0 radical (unpaired) electrons. The molecule has 110 valence electrons. The molecule has 1 aromatic carbocycles. The molecule has 1 aromatic heterocycles. The molecule has 0 amide bonds. The van der Waals surface area contributed by atoms with Gasteiger partial charge in [-0.1, -0.05) is 17.7 Å². The number of halogens is 1. The van der Waals surface area contributed by atoms with Gasteiger partial charge in [0.1, 0.15) is 11.9 Å². The number of nitrogens with two attached hydrogens (primary N) is 1.